The molecular weight excluding hydrogens is 284 g/mol. The Morgan fingerprint density at radius 1 is 1.18 bits per heavy atom. The van der Waals surface area contributed by atoms with Crippen LogP contribution in [0.2, 0.25) is 0 Å². The molecule has 22 heavy (non-hydrogen) atoms. The molecule has 0 fully saturated rings. The third kappa shape index (κ3) is 4.84. The summed E-state index contributed by atoms with van der Waals surface area (Å²) in [5.74, 6) is -1.14. The summed E-state index contributed by atoms with van der Waals surface area (Å²) in [6.45, 7) is 7.85. The standard InChI is InChI=1S/C17H24O5/c1-11-9-12(2)16(17(3,4)7-8-18)13(10-11)22-15(21)6-5-14(19)20/h9-10,18H,5-8H2,1-4H3,(H,19,20). The van der Waals surface area contributed by atoms with Crippen molar-refractivity contribution in [2.24, 2.45) is 0 Å². The van der Waals surface area contributed by atoms with Crippen LogP contribution in [-0.2, 0) is 15.0 Å². The number of aryl methyl sites for hydroxylation is 2. The van der Waals surface area contributed by atoms with Crippen molar-refractivity contribution in [3.05, 3.63) is 28.8 Å². The fraction of sp³-hybridized carbons (Fsp3) is 0.529. The van der Waals surface area contributed by atoms with Crippen LogP contribution in [0.5, 0.6) is 5.75 Å². The highest BCUT2D eigenvalue weighted by molar-refractivity contribution is 5.78. The summed E-state index contributed by atoms with van der Waals surface area (Å²) in [7, 11) is 0. The second kappa shape index (κ2) is 7.40. The van der Waals surface area contributed by atoms with E-state index < -0.39 is 11.9 Å². The topological polar surface area (TPSA) is 83.8 Å². The zero-order valence-corrected chi connectivity index (χ0v) is 13.6. The molecule has 0 aliphatic heterocycles. The van der Waals surface area contributed by atoms with Crippen LogP contribution in [0.15, 0.2) is 12.1 Å². The fourth-order valence-electron chi connectivity index (χ4n) is 2.66. The van der Waals surface area contributed by atoms with Crippen molar-refractivity contribution in [2.75, 3.05) is 6.61 Å². The number of esters is 1. The maximum absolute atomic E-state index is 11.8. The van der Waals surface area contributed by atoms with Crippen LogP contribution in [0.1, 0.15) is 49.8 Å². The van der Waals surface area contributed by atoms with Crippen LogP contribution in [0, 0.1) is 13.8 Å². The van der Waals surface area contributed by atoms with Gasteiger partial charge in [0.05, 0.1) is 12.8 Å². The molecular formula is C17H24O5. The number of ether oxygens (including phenoxy) is 1. The molecule has 0 heterocycles. The highest BCUT2D eigenvalue weighted by atomic mass is 16.5. The first kappa shape index (κ1) is 18.2. The molecule has 1 aromatic carbocycles. The van der Waals surface area contributed by atoms with Gasteiger partial charge in [-0.3, -0.25) is 9.59 Å². The smallest absolute Gasteiger partial charge is 0.311 e. The minimum atomic E-state index is -1.03. The minimum Gasteiger partial charge on any atom is -0.481 e. The molecule has 0 aromatic heterocycles. The summed E-state index contributed by atoms with van der Waals surface area (Å²) in [6, 6.07) is 3.78. The van der Waals surface area contributed by atoms with Crippen molar-refractivity contribution >= 4 is 11.9 Å². The zero-order valence-electron chi connectivity index (χ0n) is 13.6. The Labute approximate surface area is 130 Å². The molecule has 0 unspecified atom stereocenters. The van der Waals surface area contributed by atoms with Crippen molar-refractivity contribution in [1.29, 1.82) is 0 Å². The number of benzene rings is 1. The number of carbonyl (C=O) groups excluding carboxylic acids is 1. The van der Waals surface area contributed by atoms with E-state index in [1.165, 1.54) is 0 Å². The van der Waals surface area contributed by atoms with E-state index in [9.17, 15) is 14.7 Å². The molecule has 0 aliphatic rings. The van der Waals surface area contributed by atoms with Gasteiger partial charge in [0.2, 0.25) is 0 Å². The van der Waals surface area contributed by atoms with Gasteiger partial charge in [0.15, 0.2) is 0 Å². The van der Waals surface area contributed by atoms with Crippen LogP contribution >= 0.6 is 0 Å². The Morgan fingerprint density at radius 3 is 2.36 bits per heavy atom. The summed E-state index contributed by atoms with van der Waals surface area (Å²) in [4.78, 5) is 22.4. The summed E-state index contributed by atoms with van der Waals surface area (Å²) >= 11 is 0. The molecule has 1 rings (SSSR count). The molecule has 0 saturated heterocycles. The van der Waals surface area contributed by atoms with Crippen LogP contribution in [-0.4, -0.2) is 28.8 Å². The third-order valence-corrected chi connectivity index (χ3v) is 3.62. The van der Waals surface area contributed by atoms with Crippen LogP contribution in [0.4, 0.5) is 0 Å². The molecule has 0 aliphatic carbocycles. The van der Waals surface area contributed by atoms with E-state index in [4.69, 9.17) is 9.84 Å². The van der Waals surface area contributed by atoms with E-state index in [1.54, 1.807) is 6.07 Å². The van der Waals surface area contributed by atoms with E-state index in [1.807, 2.05) is 33.8 Å². The van der Waals surface area contributed by atoms with Gasteiger partial charge in [0.25, 0.3) is 0 Å². The second-order valence-electron chi connectivity index (χ2n) is 6.18. The first-order valence-corrected chi connectivity index (χ1v) is 7.32. The van der Waals surface area contributed by atoms with Crippen molar-refractivity contribution in [3.8, 4) is 5.75 Å². The number of carbonyl (C=O) groups is 2. The van der Waals surface area contributed by atoms with E-state index in [0.717, 1.165) is 16.7 Å². The normalized spacial score (nSPS) is 11.3. The van der Waals surface area contributed by atoms with Gasteiger partial charge in [-0.2, -0.15) is 0 Å². The lowest BCUT2D eigenvalue weighted by molar-refractivity contribution is -0.142. The molecule has 0 amide bonds. The van der Waals surface area contributed by atoms with Crippen LogP contribution in [0.3, 0.4) is 0 Å². The lowest BCUT2D eigenvalue weighted by Gasteiger charge is -2.28. The van der Waals surface area contributed by atoms with Gasteiger partial charge in [0, 0.05) is 12.2 Å². The predicted octanol–water partition coefficient (Wildman–Crippen LogP) is 2.73. The largest absolute Gasteiger partial charge is 0.481 e. The van der Waals surface area contributed by atoms with Crippen LogP contribution in [0.25, 0.3) is 0 Å². The predicted molar refractivity (Wildman–Crippen MR) is 83.1 cm³/mol. The maximum Gasteiger partial charge on any atom is 0.311 e. The quantitative estimate of drug-likeness (QED) is 0.597. The molecule has 5 heteroatoms. The SMILES string of the molecule is Cc1cc(C)c(C(C)(C)CCO)c(OC(=O)CCC(=O)O)c1. The number of aliphatic hydroxyl groups excluding tert-OH is 1. The van der Waals surface area contributed by atoms with Gasteiger partial charge >= 0.3 is 11.9 Å². The Morgan fingerprint density at radius 2 is 1.82 bits per heavy atom. The van der Waals surface area contributed by atoms with E-state index in [0.29, 0.717) is 12.2 Å². The molecule has 122 valence electrons. The summed E-state index contributed by atoms with van der Waals surface area (Å²) in [5.41, 5.74) is 2.46. The number of carboxylic acid groups (broad SMARTS) is 1. The maximum atomic E-state index is 11.8. The van der Waals surface area contributed by atoms with Crippen molar-refractivity contribution in [3.63, 3.8) is 0 Å². The van der Waals surface area contributed by atoms with Gasteiger partial charge in [-0.05, 0) is 42.9 Å². The molecule has 0 radical (unpaired) electrons. The first-order valence-electron chi connectivity index (χ1n) is 7.32. The highest BCUT2D eigenvalue weighted by Crippen LogP contribution is 2.37. The number of hydrogen-bond acceptors (Lipinski definition) is 4. The zero-order chi connectivity index (χ0) is 16.9. The van der Waals surface area contributed by atoms with Crippen molar-refractivity contribution < 1.29 is 24.5 Å². The van der Waals surface area contributed by atoms with Gasteiger partial charge < -0.3 is 14.9 Å². The average Bonchev–Trinajstić information content (AvgIpc) is 2.34. The molecule has 1 aromatic rings. The number of hydrogen-bond donors (Lipinski definition) is 2. The fourth-order valence-corrected chi connectivity index (χ4v) is 2.66. The van der Waals surface area contributed by atoms with E-state index in [-0.39, 0.29) is 24.9 Å². The highest BCUT2D eigenvalue weighted by Gasteiger charge is 2.27. The summed E-state index contributed by atoms with van der Waals surface area (Å²) < 4.78 is 5.41. The van der Waals surface area contributed by atoms with Gasteiger partial charge in [0.1, 0.15) is 5.75 Å². The molecule has 5 nitrogen and oxygen atoms in total. The number of carboxylic acids is 1. The van der Waals surface area contributed by atoms with Gasteiger partial charge in [-0.1, -0.05) is 19.9 Å². The molecule has 0 saturated carbocycles. The second-order valence-corrected chi connectivity index (χ2v) is 6.18. The van der Waals surface area contributed by atoms with Crippen molar-refractivity contribution in [1.82, 2.24) is 0 Å². The van der Waals surface area contributed by atoms with E-state index in [2.05, 4.69) is 0 Å². The number of rotatable bonds is 7. The molecule has 2 N–H and O–H groups in total. The third-order valence-electron chi connectivity index (χ3n) is 3.62. The minimum absolute atomic E-state index is 0.0344. The Hall–Kier alpha value is -1.88. The van der Waals surface area contributed by atoms with Gasteiger partial charge in [-0.15, -0.1) is 0 Å². The van der Waals surface area contributed by atoms with E-state index >= 15 is 0 Å². The molecule has 0 spiro atoms. The number of aliphatic carboxylic acids is 1. The first-order chi connectivity index (χ1) is 10.2. The number of aliphatic hydroxyl groups is 1. The Kier molecular flexibility index (Phi) is 6.11. The Balaban J connectivity index is 3.12. The monoisotopic (exact) mass is 308 g/mol. The lowest BCUT2D eigenvalue weighted by Crippen LogP contribution is -2.23. The molecule has 0 atom stereocenters. The van der Waals surface area contributed by atoms with Crippen molar-refractivity contribution in [2.45, 2.75) is 52.4 Å². The van der Waals surface area contributed by atoms with Gasteiger partial charge in [-0.25, -0.2) is 0 Å². The summed E-state index contributed by atoms with van der Waals surface area (Å²) in [6.07, 6.45) is 0.123. The molecule has 0 bridgehead atoms. The average molecular weight is 308 g/mol. The lowest BCUT2D eigenvalue weighted by atomic mass is 9.78. The summed E-state index contributed by atoms with van der Waals surface area (Å²) in [5, 5.41) is 17.9. The Bertz CT molecular complexity index is 560. The van der Waals surface area contributed by atoms with Crippen LogP contribution < -0.4 is 4.74 Å².